The van der Waals surface area contributed by atoms with Gasteiger partial charge in [-0.05, 0) is 24.5 Å². The van der Waals surface area contributed by atoms with Crippen molar-refractivity contribution >= 4 is 21.9 Å². The minimum absolute atomic E-state index is 0.0689. The van der Waals surface area contributed by atoms with Gasteiger partial charge in [0.2, 0.25) is 0 Å². The van der Waals surface area contributed by atoms with Gasteiger partial charge in [-0.1, -0.05) is 15.9 Å². The van der Waals surface area contributed by atoms with Crippen LogP contribution < -0.4 is 4.74 Å². The summed E-state index contributed by atoms with van der Waals surface area (Å²) in [6.45, 7) is 0. The number of hydrogen-bond acceptors (Lipinski definition) is 2. The van der Waals surface area contributed by atoms with Gasteiger partial charge in [0, 0.05) is 16.8 Å². The van der Waals surface area contributed by atoms with Crippen molar-refractivity contribution in [2.75, 3.05) is 5.33 Å². The zero-order chi connectivity index (χ0) is 12.2. The molecular weight excluding hydrogens is 294 g/mol. The van der Waals surface area contributed by atoms with Crippen LogP contribution in [0.3, 0.4) is 0 Å². The maximum atomic E-state index is 13.7. The first-order valence-corrected chi connectivity index (χ1v) is 6.53. The molecule has 5 heteroatoms. The van der Waals surface area contributed by atoms with Gasteiger partial charge in [0.05, 0.1) is 5.92 Å². The molecule has 2 aliphatic rings. The normalized spacial score (nSPS) is 29.4. The quantitative estimate of drug-likeness (QED) is 0.477. The van der Waals surface area contributed by atoms with Crippen LogP contribution in [0, 0.1) is 23.5 Å². The maximum absolute atomic E-state index is 13.7. The summed E-state index contributed by atoms with van der Waals surface area (Å²) in [5, 5.41) is 0.740. The molecule has 1 saturated carbocycles. The van der Waals surface area contributed by atoms with Gasteiger partial charge in [0.15, 0.2) is 11.6 Å². The lowest BCUT2D eigenvalue weighted by Crippen LogP contribution is -2.18. The first kappa shape index (κ1) is 11.1. The number of hydrogen-bond donors (Lipinski definition) is 0. The van der Waals surface area contributed by atoms with Crippen LogP contribution in [0.5, 0.6) is 5.75 Å². The number of carbonyl (C=O) groups excluding carboxylic acids is 1. The monoisotopic (exact) mass is 302 g/mol. The standard InChI is InChI=1S/C12H9BrF2O2/c13-4-3-5-8-9(5)12(16)17-11-7(15)2-1-6(14)10(8)11/h1-2,5,8-9H,3-4H2/t5-,8-,9+/m0/s1. The van der Waals surface area contributed by atoms with Gasteiger partial charge in [-0.15, -0.1) is 0 Å². The Bertz CT molecular complexity index is 504. The van der Waals surface area contributed by atoms with E-state index in [0.29, 0.717) is 0 Å². The van der Waals surface area contributed by atoms with E-state index >= 15 is 0 Å². The second-order valence-electron chi connectivity index (χ2n) is 4.39. The van der Waals surface area contributed by atoms with Crippen molar-refractivity contribution < 1.29 is 18.3 Å². The highest BCUT2D eigenvalue weighted by Gasteiger charge is 2.60. The maximum Gasteiger partial charge on any atom is 0.315 e. The predicted molar refractivity (Wildman–Crippen MR) is 60.1 cm³/mol. The zero-order valence-electron chi connectivity index (χ0n) is 8.75. The molecule has 1 aliphatic heterocycles. The third-order valence-electron chi connectivity index (χ3n) is 3.51. The van der Waals surface area contributed by atoms with E-state index in [-0.39, 0.29) is 29.1 Å². The lowest BCUT2D eigenvalue weighted by Gasteiger charge is -2.15. The Hall–Kier alpha value is -0.970. The highest BCUT2D eigenvalue weighted by Crippen LogP contribution is 2.61. The van der Waals surface area contributed by atoms with E-state index in [9.17, 15) is 13.6 Å². The van der Waals surface area contributed by atoms with Crippen LogP contribution in [0.1, 0.15) is 17.9 Å². The van der Waals surface area contributed by atoms with E-state index in [1.54, 1.807) is 0 Å². The highest BCUT2D eigenvalue weighted by atomic mass is 79.9. The van der Waals surface area contributed by atoms with E-state index in [0.717, 1.165) is 23.9 Å². The van der Waals surface area contributed by atoms with Crippen LogP contribution >= 0.6 is 15.9 Å². The third kappa shape index (κ3) is 1.52. The minimum atomic E-state index is -0.669. The van der Waals surface area contributed by atoms with E-state index in [2.05, 4.69) is 15.9 Å². The van der Waals surface area contributed by atoms with Crippen molar-refractivity contribution in [2.24, 2.45) is 11.8 Å². The van der Waals surface area contributed by atoms with Gasteiger partial charge in [-0.25, -0.2) is 8.78 Å². The number of rotatable bonds is 2. The molecule has 0 aromatic heterocycles. The molecule has 1 aromatic carbocycles. The fourth-order valence-corrected chi connectivity index (χ4v) is 3.23. The first-order chi connectivity index (χ1) is 8.15. The Morgan fingerprint density at radius 2 is 1.94 bits per heavy atom. The summed E-state index contributed by atoms with van der Waals surface area (Å²) in [4.78, 5) is 11.6. The van der Waals surface area contributed by atoms with Crippen LogP contribution in [-0.4, -0.2) is 11.3 Å². The smallest absolute Gasteiger partial charge is 0.315 e. The Kier molecular flexibility index (Phi) is 2.47. The number of ether oxygens (including phenoxy) is 1. The van der Waals surface area contributed by atoms with Gasteiger partial charge in [0.25, 0.3) is 0 Å². The molecule has 1 fully saturated rings. The summed E-state index contributed by atoms with van der Waals surface area (Å²) in [7, 11) is 0. The lowest BCUT2D eigenvalue weighted by atomic mass is 10.0. The van der Waals surface area contributed by atoms with Gasteiger partial charge in [0.1, 0.15) is 5.82 Å². The number of carbonyl (C=O) groups is 1. The molecule has 1 heterocycles. The van der Waals surface area contributed by atoms with Crippen molar-refractivity contribution in [3.05, 3.63) is 29.3 Å². The summed E-state index contributed by atoms with van der Waals surface area (Å²) < 4.78 is 32.1. The molecule has 17 heavy (non-hydrogen) atoms. The molecule has 0 saturated heterocycles. The molecular formula is C12H9BrF2O2. The Labute approximate surface area is 105 Å². The Balaban J connectivity index is 2.07. The number of alkyl halides is 1. The van der Waals surface area contributed by atoms with Crippen LogP contribution in [-0.2, 0) is 4.79 Å². The molecule has 0 N–H and O–H groups in total. The molecule has 90 valence electrons. The summed E-state index contributed by atoms with van der Waals surface area (Å²) >= 11 is 3.30. The fraction of sp³-hybridized carbons (Fsp3) is 0.417. The summed E-state index contributed by atoms with van der Waals surface area (Å²) in [6, 6.07) is 2.08. The Morgan fingerprint density at radius 3 is 2.65 bits per heavy atom. The van der Waals surface area contributed by atoms with Crippen LogP contribution in [0.15, 0.2) is 12.1 Å². The molecule has 0 bridgehead atoms. The second-order valence-corrected chi connectivity index (χ2v) is 5.18. The number of benzene rings is 1. The number of fused-ring (bicyclic) bond motifs is 3. The van der Waals surface area contributed by atoms with Crippen LogP contribution in [0.25, 0.3) is 0 Å². The third-order valence-corrected chi connectivity index (χ3v) is 3.97. The second kappa shape index (κ2) is 3.77. The van der Waals surface area contributed by atoms with Crippen molar-refractivity contribution in [1.82, 2.24) is 0 Å². The summed E-state index contributed by atoms with van der Waals surface area (Å²) in [5.74, 6) is -2.24. The predicted octanol–water partition coefficient (Wildman–Crippen LogP) is 3.00. The van der Waals surface area contributed by atoms with Crippen molar-refractivity contribution in [2.45, 2.75) is 12.3 Å². The van der Waals surface area contributed by atoms with E-state index in [4.69, 9.17) is 4.74 Å². The molecule has 0 spiro atoms. The largest absolute Gasteiger partial charge is 0.423 e. The van der Waals surface area contributed by atoms with Crippen molar-refractivity contribution in [3.8, 4) is 5.75 Å². The molecule has 1 aliphatic carbocycles. The highest BCUT2D eigenvalue weighted by molar-refractivity contribution is 9.09. The molecule has 0 unspecified atom stereocenters. The van der Waals surface area contributed by atoms with E-state index in [1.165, 1.54) is 0 Å². The zero-order valence-corrected chi connectivity index (χ0v) is 10.3. The van der Waals surface area contributed by atoms with Crippen molar-refractivity contribution in [1.29, 1.82) is 0 Å². The number of esters is 1. The SMILES string of the molecule is O=C1Oc2c(F)ccc(F)c2[C@H]2[C@H](CCBr)[C@@H]12. The fourth-order valence-electron chi connectivity index (χ4n) is 2.71. The van der Waals surface area contributed by atoms with E-state index in [1.807, 2.05) is 0 Å². The van der Waals surface area contributed by atoms with Gasteiger partial charge in [-0.3, -0.25) is 4.79 Å². The molecule has 0 amide bonds. The van der Waals surface area contributed by atoms with Gasteiger partial charge >= 0.3 is 5.97 Å². The number of halogens is 3. The van der Waals surface area contributed by atoms with Crippen LogP contribution in [0.4, 0.5) is 8.78 Å². The average Bonchev–Trinajstić information content (AvgIpc) is 2.99. The van der Waals surface area contributed by atoms with E-state index < -0.39 is 17.6 Å². The Morgan fingerprint density at radius 1 is 1.24 bits per heavy atom. The summed E-state index contributed by atoms with van der Waals surface area (Å²) in [6.07, 6.45) is 0.764. The minimum Gasteiger partial charge on any atom is -0.423 e. The molecule has 0 radical (unpaired) electrons. The molecule has 1 aromatic rings. The van der Waals surface area contributed by atoms with Gasteiger partial charge in [-0.2, -0.15) is 0 Å². The molecule has 2 nitrogen and oxygen atoms in total. The van der Waals surface area contributed by atoms with Crippen molar-refractivity contribution in [3.63, 3.8) is 0 Å². The van der Waals surface area contributed by atoms with Crippen LogP contribution in [0.2, 0.25) is 0 Å². The molecule has 3 atom stereocenters. The van der Waals surface area contributed by atoms with Gasteiger partial charge < -0.3 is 4.74 Å². The average molecular weight is 303 g/mol. The lowest BCUT2D eigenvalue weighted by molar-refractivity contribution is -0.137. The summed E-state index contributed by atoms with van der Waals surface area (Å²) in [5.41, 5.74) is 0.237. The first-order valence-electron chi connectivity index (χ1n) is 5.40. The molecule has 3 rings (SSSR count). The topological polar surface area (TPSA) is 26.3 Å².